The zero-order valence-electron chi connectivity index (χ0n) is 10.7. The van der Waals surface area contributed by atoms with Gasteiger partial charge in [0.05, 0.1) is 11.6 Å². The first kappa shape index (κ1) is 12.0. The lowest BCUT2D eigenvalue weighted by Crippen LogP contribution is -2.02. The van der Waals surface area contributed by atoms with Gasteiger partial charge in [-0.25, -0.2) is 15.0 Å². The third-order valence-electron chi connectivity index (χ3n) is 2.65. The molecule has 0 aliphatic heterocycles. The molecule has 0 saturated heterocycles. The summed E-state index contributed by atoms with van der Waals surface area (Å²) in [6, 6.07) is 2.11. The third kappa shape index (κ3) is 2.26. The molecule has 0 aromatic carbocycles. The Morgan fingerprint density at radius 2 is 2.16 bits per heavy atom. The highest BCUT2D eigenvalue weighted by Gasteiger charge is 2.12. The van der Waals surface area contributed by atoms with Crippen molar-refractivity contribution in [2.24, 2.45) is 0 Å². The standard InChI is InChI=1S/C13H13N5S/c1-3-15-11-9-6-8(2)19-13(9)18-12(17-11)10-7-14-4-5-16-10/h4-7H,3H2,1-2H3,(H,15,17,18). The van der Waals surface area contributed by atoms with Gasteiger partial charge in [0, 0.05) is 23.8 Å². The highest BCUT2D eigenvalue weighted by Crippen LogP contribution is 2.30. The molecule has 0 spiro atoms. The Labute approximate surface area is 114 Å². The van der Waals surface area contributed by atoms with Gasteiger partial charge in [-0.1, -0.05) is 0 Å². The van der Waals surface area contributed by atoms with E-state index in [1.807, 2.05) is 0 Å². The Morgan fingerprint density at radius 1 is 1.26 bits per heavy atom. The minimum Gasteiger partial charge on any atom is -0.370 e. The van der Waals surface area contributed by atoms with Gasteiger partial charge in [-0.15, -0.1) is 11.3 Å². The van der Waals surface area contributed by atoms with Crippen LogP contribution in [0.25, 0.3) is 21.7 Å². The van der Waals surface area contributed by atoms with Crippen molar-refractivity contribution < 1.29 is 0 Å². The summed E-state index contributed by atoms with van der Waals surface area (Å²) in [6.45, 7) is 4.94. The molecule has 0 fully saturated rings. The van der Waals surface area contributed by atoms with E-state index < -0.39 is 0 Å². The lowest BCUT2D eigenvalue weighted by molar-refractivity contribution is 1.11. The fraction of sp³-hybridized carbons (Fsp3) is 0.231. The van der Waals surface area contributed by atoms with Gasteiger partial charge in [0.25, 0.3) is 0 Å². The number of hydrogen-bond acceptors (Lipinski definition) is 6. The van der Waals surface area contributed by atoms with E-state index in [-0.39, 0.29) is 0 Å². The molecule has 3 heterocycles. The van der Waals surface area contributed by atoms with Crippen LogP contribution in [-0.4, -0.2) is 26.5 Å². The van der Waals surface area contributed by atoms with Gasteiger partial charge in [-0.05, 0) is 19.9 Å². The topological polar surface area (TPSA) is 63.6 Å². The highest BCUT2D eigenvalue weighted by atomic mass is 32.1. The van der Waals surface area contributed by atoms with Gasteiger partial charge in [-0.3, -0.25) is 4.98 Å². The maximum Gasteiger partial charge on any atom is 0.183 e. The molecule has 0 aliphatic rings. The second-order valence-electron chi connectivity index (χ2n) is 4.09. The number of nitrogens with one attached hydrogen (secondary N) is 1. The van der Waals surface area contributed by atoms with Crippen LogP contribution in [0.4, 0.5) is 5.82 Å². The number of nitrogens with zero attached hydrogens (tertiary/aromatic N) is 4. The van der Waals surface area contributed by atoms with Crippen LogP contribution >= 0.6 is 11.3 Å². The van der Waals surface area contributed by atoms with Crippen molar-refractivity contribution in [2.45, 2.75) is 13.8 Å². The van der Waals surface area contributed by atoms with Gasteiger partial charge in [0.1, 0.15) is 16.3 Å². The normalized spacial score (nSPS) is 10.8. The smallest absolute Gasteiger partial charge is 0.183 e. The second-order valence-corrected chi connectivity index (χ2v) is 5.33. The van der Waals surface area contributed by atoms with Crippen LogP contribution in [0.2, 0.25) is 0 Å². The summed E-state index contributed by atoms with van der Waals surface area (Å²) in [4.78, 5) is 19.6. The quantitative estimate of drug-likeness (QED) is 0.793. The first-order valence-corrected chi connectivity index (χ1v) is 6.88. The van der Waals surface area contributed by atoms with E-state index in [0.29, 0.717) is 11.5 Å². The van der Waals surface area contributed by atoms with Gasteiger partial charge in [0.2, 0.25) is 0 Å². The highest BCUT2D eigenvalue weighted by molar-refractivity contribution is 7.18. The summed E-state index contributed by atoms with van der Waals surface area (Å²) in [5.41, 5.74) is 0.689. The van der Waals surface area contributed by atoms with Crippen LogP contribution in [0, 0.1) is 6.92 Å². The second kappa shape index (κ2) is 4.89. The first-order valence-electron chi connectivity index (χ1n) is 6.06. The Bertz CT molecular complexity index is 708. The molecule has 0 atom stereocenters. The first-order chi connectivity index (χ1) is 9.28. The Hall–Kier alpha value is -2.08. The SMILES string of the molecule is CCNc1nc(-c2cnccn2)nc2sc(C)cc12. The van der Waals surface area contributed by atoms with E-state index in [2.05, 4.69) is 45.2 Å². The Kier molecular flexibility index (Phi) is 3.08. The molecule has 0 saturated carbocycles. The Balaban J connectivity index is 2.21. The predicted octanol–water partition coefficient (Wildman–Crippen LogP) is 2.89. The van der Waals surface area contributed by atoms with Crippen LogP contribution in [0.5, 0.6) is 0 Å². The van der Waals surface area contributed by atoms with Crippen molar-refractivity contribution in [1.29, 1.82) is 0 Å². The molecule has 0 bridgehead atoms. The average molecular weight is 271 g/mol. The van der Waals surface area contributed by atoms with Crippen molar-refractivity contribution in [2.75, 3.05) is 11.9 Å². The van der Waals surface area contributed by atoms with Crippen LogP contribution in [0.1, 0.15) is 11.8 Å². The molecule has 0 aliphatic carbocycles. The van der Waals surface area contributed by atoms with Gasteiger partial charge < -0.3 is 5.32 Å². The lowest BCUT2D eigenvalue weighted by Gasteiger charge is -2.06. The van der Waals surface area contributed by atoms with Gasteiger partial charge in [-0.2, -0.15) is 0 Å². The van der Waals surface area contributed by atoms with E-state index in [9.17, 15) is 0 Å². The van der Waals surface area contributed by atoms with Crippen molar-refractivity contribution >= 4 is 27.4 Å². The zero-order chi connectivity index (χ0) is 13.2. The van der Waals surface area contributed by atoms with Crippen molar-refractivity contribution in [3.05, 3.63) is 29.5 Å². The van der Waals surface area contributed by atoms with Gasteiger partial charge in [0.15, 0.2) is 5.82 Å². The number of rotatable bonds is 3. The van der Waals surface area contributed by atoms with E-state index in [1.165, 1.54) is 4.88 Å². The van der Waals surface area contributed by atoms with Gasteiger partial charge >= 0.3 is 0 Å². The molecular formula is C13H13N5S. The number of aromatic nitrogens is 4. The number of hydrogen-bond donors (Lipinski definition) is 1. The van der Waals surface area contributed by atoms with E-state index in [4.69, 9.17) is 0 Å². The third-order valence-corrected chi connectivity index (χ3v) is 3.60. The van der Waals surface area contributed by atoms with Crippen molar-refractivity contribution in [3.63, 3.8) is 0 Å². The minimum atomic E-state index is 0.610. The van der Waals surface area contributed by atoms with E-state index in [1.54, 1.807) is 29.9 Å². The largest absolute Gasteiger partial charge is 0.370 e. The molecule has 3 aromatic rings. The summed E-state index contributed by atoms with van der Waals surface area (Å²) < 4.78 is 0. The predicted molar refractivity (Wildman–Crippen MR) is 77.3 cm³/mol. The molecule has 19 heavy (non-hydrogen) atoms. The average Bonchev–Trinajstić information content (AvgIpc) is 2.80. The maximum absolute atomic E-state index is 4.57. The molecule has 6 heteroatoms. The van der Waals surface area contributed by atoms with Crippen LogP contribution in [-0.2, 0) is 0 Å². The monoisotopic (exact) mass is 271 g/mol. The summed E-state index contributed by atoms with van der Waals surface area (Å²) in [5, 5.41) is 4.35. The van der Waals surface area contributed by atoms with Crippen molar-refractivity contribution in [1.82, 2.24) is 19.9 Å². The minimum absolute atomic E-state index is 0.610. The number of anilines is 1. The number of fused-ring (bicyclic) bond motifs is 1. The summed E-state index contributed by atoms with van der Waals surface area (Å²) in [7, 11) is 0. The molecule has 5 nitrogen and oxygen atoms in total. The van der Waals surface area contributed by atoms with E-state index in [0.717, 1.165) is 22.6 Å². The van der Waals surface area contributed by atoms with Crippen LogP contribution in [0.3, 0.4) is 0 Å². The summed E-state index contributed by atoms with van der Waals surface area (Å²) in [6.07, 6.45) is 4.97. The molecule has 3 aromatic heterocycles. The fourth-order valence-electron chi connectivity index (χ4n) is 1.87. The molecule has 96 valence electrons. The molecule has 0 amide bonds. The molecule has 0 unspecified atom stereocenters. The number of aryl methyl sites for hydroxylation is 1. The molecule has 3 rings (SSSR count). The fourth-order valence-corrected chi connectivity index (χ4v) is 2.75. The van der Waals surface area contributed by atoms with E-state index >= 15 is 0 Å². The zero-order valence-corrected chi connectivity index (χ0v) is 11.5. The molecule has 1 N–H and O–H groups in total. The van der Waals surface area contributed by atoms with Crippen molar-refractivity contribution in [3.8, 4) is 11.5 Å². The molecule has 0 radical (unpaired) electrons. The lowest BCUT2D eigenvalue weighted by atomic mass is 10.3. The van der Waals surface area contributed by atoms with Crippen LogP contribution in [0.15, 0.2) is 24.7 Å². The number of thiophene rings is 1. The van der Waals surface area contributed by atoms with Crippen LogP contribution < -0.4 is 5.32 Å². The maximum atomic E-state index is 4.57. The molecular weight excluding hydrogens is 258 g/mol. The summed E-state index contributed by atoms with van der Waals surface area (Å²) >= 11 is 1.66. The summed E-state index contributed by atoms with van der Waals surface area (Å²) in [5.74, 6) is 1.47. The Morgan fingerprint density at radius 3 is 2.89 bits per heavy atom.